The van der Waals surface area contributed by atoms with Gasteiger partial charge >= 0.3 is 0 Å². The van der Waals surface area contributed by atoms with E-state index in [-0.39, 0.29) is 12.5 Å². The monoisotopic (exact) mass is 449 g/mol. The number of carbonyl (C=O) groups is 2. The minimum atomic E-state index is -0.461. The van der Waals surface area contributed by atoms with Crippen molar-refractivity contribution in [1.29, 1.82) is 0 Å². The van der Waals surface area contributed by atoms with Gasteiger partial charge in [-0.3, -0.25) is 9.59 Å². The molecule has 2 N–H and O–H groups in total. The van der Waals surface area contributed by atoms with E-state index in [1.807, 2.05) is 6.07 Å². The van der Waals surface area contributed by atoms with Gasteiger partial charge in [0.1, 0.15) is 12.4 Å². The van der Waals surface area contributed by atoms with E-state index in [0.29, 0.717) is 28.5 Å². The van der Waals surface area contributed by atoms with Gasteiger partial charge in [0.05, 0.1) is 12.8 Å². The van der Waals surface area contributed by atoms with Gasteiger partial charge < -0.3 is 10.1 Å². The maximum absolute atomic E-state index is 11.9. The predicted octanol–water partition coefficient (Wildman–Crippen LogP) is 3.55. The molecule has 0 aliphatic rings. The van der Waals surface area contributed by atoms with Gasteiger partial charge in [-0.1, -0.05) is 40.2 Å². The van der Waals surface area contributed by atoms with Gasteiger partial charge in [0.25, 0.3) is 11.8 Å². The first kappa shape index (κ1) is 20.7. The molecule has 0 aromatic heterocycles. The third-order valence-electron chi connectivity index (χ3n) is 3.24. The normalized spacial score (nSPS) is 10.4. The summed E-state index contributed by atoms with van der Waals surface area (Å²) in [4.78, 5) is 23.8. The molecule has 0 unspecified atom stereocenters. The van der Waals surface area contributed by atoms with Gasteiger partial charge in [-0.05, 0) is 42.5 Å². The van der Waals surface area contributed by atoms with Crippen molar-refractivity contribution in [2.75, 3.05) is 13.2 Å². The van der Waals surface area contributed by atoms with Crippen LogP contribution in [0, 0.1) is 0 Å². The molecule has 0 saturated carbocycles. The summed E-state index contributed by atoms with van der Waals surface area (Å²) in [6, 6.07) is 11.8. The summed E-state index contributed by atoms with van der Waals surface area (Å²) in [5.74, 6) is -0.234. The fourth-order valence-corrected chi connectivity index (χ4v) is 2.48. The number of hydrazone groups is 1. The first-order chi connectivity index (χ1) is 13.0. The number of rotatable bonds is 8. The molecule has 0 aliphatic heterocycles. The molecule has 0 heterocycles. The molecule has 6 nitrogen and oxygen atoms in total. The average Bonchev–Trinajstić information content (AvgIpc) is 2.66. The minimum Gasteiger partial charge on any atom is -0.489 e. The maximum atomic E-state index is 11.9. The number of amides is 2. The van der Waals surface area contributed by atoms with Crippen LogP contribution in [0.4, 0.5) is 0 Å². The van der Waals surface area contributed by atoms with Crippen LogP contribution in [0.25, 0.3) is 0 Å². The van der Waals surface area contributed by atoms with Crippen molar-refractivity contribution >= 4 is 45.6 Å². The summed E-state index contributed by atoms with van der Waals surface area (Å²) in [7, 11) is 0. The second kappa shape index (κ2) is 10.5. The molecule has 0 fully saturated rings. The van der Waals surface area contributed by atoms with E-state index in [2.05, 4.69) is 38.4 Å². The lowest BCUT2D eigenvalue weighted by Gasteiger charge is -2.07. The maximum Gasteiger partial charge on any atom is 0.259 e. The molecule has 27 heavy (non-hydrogen) atoms. The van der Waals surface area contributed by atoms with Crippen LogP contribution < -0.4 is 15.5 Å². The highest BCUT2D eigenvalue weighted by molar-refractivity contribution is 9.10. The number of nitrogens with zero attached hydrogens (tertiary/aromatic N) is 1. The number of hydrogen-bond acceptors (Lipinski definition) is 4. The fraction of sp³-hybridized carbons (Fsp3) is 0.105. The Balaban J connectivity index is 1.87. The third kappa shape index (κ3) is 6.88. The SMILES string of the molecule is C=CCOc1ccc(Br)cc1/C=N/NC(=O)CNC(=O)c1ccc(Cl)cc1. The molecule has 8 heteroatoms. The standard InChI is InChI=1S/C19H17BrClN3O3/c1-2-9-27-17-8-5-15(20)10-14(17)11-23-24-18(25)12-22-19(26)13-3-6-16(21)7-4-13/h2-8,10-11H,1,9,12H2,(H,22,26)(H,24,25)/b23-11+. The molecular formula is C19H17BrClN3O3. The predicted molar refractivity (Wildman–Crippen MR) is 109 cm³/mol. The summed E-state index contributed by atoms with van der Waals surface area (Å²) in [6.45, 7) is 3.74. The van der Waals surface area contributed by atoms with Crippen LogP contribution in [-0.2, 0) is 4.79 Å². The van der Waals surface area contributed by atoms with Crippen molar-refractivity contribution in [1.82, 2.24) is 10.7 Å². The Morgan fingerprint density at radius 2 is 1.96 bits per heavy atom. The molecule has 2 rings (SSSR count). The number of benzene rings is 2. The molecule has 0 bridgehead atoms. The summed E-state index contributed by atoms with van der Waals surface area (Å²) in [5.41, 5.74) is 3.44. The number of nitrogens with one attached hydrogen (secondary N) is 2. The van der Waals surface area contributed by atoms with E-state index in [1.165, 1.54) is 6.21 Å². The number of carbonyl (C=O) groups excluding carboxylic acids is 2. The zero-order chi connectivity index (χ0) is 19.6. The number of ether oxygens (including phenoxy) is 1. The molecule has 0 radical (unpaired) electrons. The summed E-state index contributed by atoms with van der Waals surface area (Å²) in [6.07, 6.45) is 3.09. The van der Waals surface area contributed by atoms with Gasteiger partial charge in [0, 0.05) is 20.6 Å². The average molecular weight is 451 g/mol. The van der Waals surface area contributed by atoms with E-state index in [9.17, 15) is 9.59 Å². The largest absolute Gasteiger partial charge is 0.489 e. The van der Waals surface area contributed by atoms with Gasteiger partial charge in [-0.2, -0.15) is 5.10 Å². The molecular weight excluding hydrogens is 434 g/mol. The van der Waals surface area contributed by atoms with Gasteiger partial charge in [0.15, 0.2) is 0 Å². The number of hydrogen-bond donors (Lipinski definition) is 2. The van der Waals surface area contributed by atoms with Crippen molar-refractivity contribution in [2.24, 2.45) is 5.10 Å². The van der Waals surface area contributed by atoms with Crippen LogP contribution in [0.3, 0.4) is 0 Å². The third-order valence-corrected chi connectivity index (χ3v) is 3.98. The van der Waals surface area contributed by atoms with Crippen LogP contribution in [0.15, 0.2) is 64.7 Å². The van der Waals surface area contributed by atoms with Crippen LogP contribution in [0.1, 0.15) is 15.9 Å². The molecule has 0 spiro atoms. The lowest BCUT2D eigenvalue weighted by Crippen LogP contribution is -2.34. The molecule has 0 saturated heterocycles. The van der Waals surface area contributed by atoms with E-state index in [1.54, 1.807) is 42.5 Å². The van der Waals surface area contributed by atoms with E-state index in [4.69, 9.17) is 16.3 Å². The van der Waals surface area contributed by atoms with Crippen molar-refractivity contribution < 1.29 is 14.3 Å². The molecule has 140 valence electrons. The van der Waals surface area contributed by atoms with Crippen LogP contribution in [0.5, 0.6) is 5.75 Å². The number of halogens is 2. The molecule has 2 amide bonds. The van der Waals surface area contributed by atoms with Crippen molar-refractivity contribution in [3.63, 3.8) is 0 Å². The van der Waals surface area contributed by atoms with E-state index >= 15 is 0 Å². The Hall–Kier alpha value is -2.64. The van der Waals surface area contributed by atoms with Crippen molar-refractivity contribution in [3.8, 4) is 5.75 Å². The zero-order valence-corrected chi connectivity index (χ0v) is 16.6. The Morgan fingerprint density at radius 1 is 1.22 bits per heavy atom. The highest BCUT2D eigenvalue weighted by atomic mass is 79.9. The van der Waals surface area contributed by atoms with E-state index in [0.717, 1.165) is 4.47 Å². The van der Waals surface area contributed by atoms with E-state index < -0.39 is 5.91 Å². The van der Waals surface area contributed by atoms with Crippen molar-refractivity contribution in [3.05, 3.63) is 75.7 Å². The Bertz CT molecular complexity index is 854. The highest BCUT2D eigenvalue weighted by Crippen LogP contribution is 2.21. The Morgan fingerprint density at radius 3 is 2.67 bits per heavy atom. The van der Waals surface area contributed by atoms with Gasteiger partial charge in [-0.25, -0.2) is 5.43 Å². The minimum absolute atomic E-state index is 0.211. The lowest BCUT2D eigenvalue weighted by molar-refractivity contribution is -0.120. The quantitative estimate of drug-likeness (QED) is 0.367. The fourth-order valence-electron chi connectivity index (χ4n) is 1.98. The Labute approximate surface area is 170 Å². The first-order valence-corrected chi connectivity index (χ1v) is 9.05. The van der Waals surface area contributed by atoms with Crippen LogP contribution in [-0.4, -0.2) is 31.2 Å². The first-order valence-electron chi connectivity index (χ1n) is 7.88. The molecule has 0 aliphatic carbocycles. The second-order valence-corrected chi connectivity index (χ2v) is 6.62. The molecule has 2 aromatic rings. The molecule has 0 atom stereocenters. The highest BCUT2D eigenvalue weighted by Gasteiger charge is 2.07. The Kier molecular flexibility index (Phi) is 8.03. The topological polar surface area (TPSA) is 79.8 Å². The second-order valence-electron chi connectivity index (χ2n) is 5.26. The summed E-state index contributed by atoms with van der Waals surface area (Å²) in [5, 5.41) is 6.93. The zero-order valence-electron chi connectivity index (χ0n) is 14.2. The summed E-state index contributed by atoms with van der Waals surface area (Å²) >= 11 is 9.14. The summed E-state index contributed by atoms with van der Waals surface area (Å²) < 4.78 is 6.37. The van der Waals surface area contributed by atoms with Crippen LogP contribution in [0.2, 0.25) is 5.02 Å². The lowest BCUT2D eigenvalue weighted by atomic mass is 10.2. The van der Waals surface area contributed by atoms with Gasteiger partial charge in [0.2, 0.25) is 0 Å². The van der Waals surface area contributed by atoms with Crippen LogP contribution >= 0.6 is 27.5 Å². The van der Waals surface area contributed by atoms with Crippen molar-refractivity contribution in [2.45, 2.75) is 0 Å². The smallest absolute Gasteiger partial charge is 0.259 e. The van der Waals surface area contributed by atoms with Gasteiger partial charge in [-0.15, -0.1) is 0 Å². The molecule has 2 aromatic carbocycles.